The van der Waals surface area contributed by atoms with Crippen molar-refractivity contribution in [1.29, 1.82) is 0 Å². The summed E-state index contributed by atoms with van der Waals surface area (Å²) in [6, 6.07) is 5.12. The minimum Gasteiger partial charge on any atom is -0.343 e. The van der Waals surface area contributed by atoms with Crippen molar-refractivity contribution in [2.45, 2.75) is 24.9 Å². The Balaban J connectivity index is 2.12. The number of hydrogen-bond donors (Lipinski definition) is 2. The Morgan fingerprint density at radius 1 is 1.33 bits per heavy atom. The Kier molecular flexibility index (Phi) is 5.45. The number of benzene rings is 1. The third-order valence-electron chi connectivity index (χ3n) is 2.69. The highest BCUT2D eigenvalue weighted by atomic mass is 79.9. The van der Waals surface area contributed by atoms with Gasteiger partial charge in [0.1, 0.15) is 0 Å². The maximum atomic E-state index is 12.2. The lowest BCUT2D eigenvalue weighted by Crippen LogP contribution is -2.24. The van der Waals surface area contributed by atoms with Gasteiger partial charge in [0.2, 0.25) is 16.4 Å². The fourth-order valence-corrected chi connectivity index (χ4v) is 3.75. The fourth-order valence-electron chi connectivity index (χ4n) is 1.65. The number of hydrogen-bond acceptors (Lipinski definition) is 6. The molecule has 1 aromatic heterocycles. The molecule has 0 unspecified atom stereocenters. The number of rotatable bonds is 7. The van der Waals surface area contributed by atoms with Gasteiger partial charge in [0.05, 0.1) is 11.4 Å². The molecule has 0 aliphatic heterocycles. The van der Waals surface area contributed by atoms with Crippen molar-refractivity contribution < 1.29 is 12.9 Å². The third-order valence-corrected chi connectivity index (χ3v) is 5.07. The molecule has 114 valence electrons. The van der Waals surface area contributed by atoms with Crippen LogP contribution in [-0.4, -0.2) is 25.1 Å². The molecule has 2 aromatic rings. The number of halogens is 1. The van der Waals surface area contributed by atoms with Crippen molar-refractivity contribution in [2.24, 2.45) is 0 Å². The zero-order valence-corrected chi connectivity index (χ0v) is 13.7. The van der Waals surface area contributed by atoms with Crippen molar-refractivity contribution >= 4 is 26.0 Å². The van der Waals surface area contributed by atoms with Gasteiger partial charge in [-0.05, 0) is 40.2 Å². The van der Waals surface area contributed by atoms with E-state index in [1.165, 1.54) is 0 Å². The van der Waals surface area contributed by atoms with Crippen molar-refractivity contribution in [3.05, 3.63) is 40.5 Å². The predicted octanol–water partition coefficient (Wildman–Crippen LogP) is 1.42. The highest BCUT2D eigenvalue weighted by Gasteiger charge is 2.18. The molecule has 0 amide bonds. The zero-order chi connectivity index (χ0) is 15.3. The quantitative estimate of drug-likeness (QED) is 0.760. The van der Waals surface area contributed by atoms with Gasteiger partial charge in [-0.15, -0.1) is 0 Å². The first-order chi connectivity index (χ1) is 10.0. The van der Waals surface area contributed by atoms with E-state index in [1.807, 2.05) is 6.92 Å². The number of sulfonamides is 1. The molecule has 21 heavy (non-hydrogen) atoms. The Morgan fingerprint density at radius 3 is 2.76 bits per heavy atom. The lowest BCUT2D eigenvalue weighted by Gasteiger charge is -2.09. The van der Waals surface area contributed by atoms with Crippen LogP contribution in [0.3, 0.4) is 0 Å². The van der Waals surface area contributed by atoms with Crippen molar-refractivity contribution in [3.8, 4) is 0 Å². The summed E-state index contributed by atoms with van der Waals surface area (Å²) in [5.74, 6) is 0.276. The first-order valence-electron chi connectivity index (χ1n) is 6.27. The van der Waals surface area contributed by atoms with Gasteiger partial charge in [-0.2, -0.15) is 4.98 Å². The van der Waals surface area contributed by atoms with E-state index in [2.05, 4.69) is 40.6 Å². The zero-order valence-electron chi connectivity index (χ0n) is 11.3. The molecule has 2 N–H and O–H groups in total. The molecule has 0 spiro atoms. The third kappa shape index (κ3) is 4.34. The van der Waals surface area contributed by atoms with E-state index in [9.17, 15) is 8.42 Å². The molecule has 9 heteroatoms. The van der Waals surface area contributed by atoms with Gasteiger partial charge >= 0.3 is 0 Å². The molecule has 0 saturated carbocycles. The van der Waals surface area contributed by atoms with Crippen LogP contribution >= 0.6 is 15.9 Å². The second kappa shape index (κ2) is 7.12. The van der Waals surface area contributed by atoms with Gasteiger partial charge < -0.3 is 9.84 Å². The lowest BCUT2D eigenvalue weighted by atomic mass is 10.2. The molecule has 7 nitrogen and oxygen atoms in total. The van der Waals surface area contributed by atoms with E-state index in [-0.39, 0.29) is 17.3 Å². The molecule has 2 rings (SSSR count). The van der Waals surface area contributed by atoms with Gasteiger partial charge in [0.25, 0.3) is 0 Å². The molecule has 1 heterocycles. The van der Waals surface area contributed by atoms with Crippen LogP contribution in [0, 0.1) is 0 Å². The van der Waals surface area contributed by atoms with Gasteiger partial charge in [-0.3, -0.25) is 0 Å². The summed E-state index contributed by atoms with van der Waals surface area (Å²) in [6.07, 6.45) is 1.15. The molecular weight excluding hydrogens is 360 g/mol. The molecule has 0 atom stereocenters. The summed E-state index contributed by atoms with van der Waals surface area (Å²) < 4.78 is 31.9. The molecule has 0 radical (unpaired) electrons. The van der Waals surface area contributed by atoms with Crippen molar-refractivity contribution in [2.75, 3.05) is 6.54 Å². The fraction of sp³-hybridized carbons (Fsp3) is 0.333. The Hall–Kier alpha value is -1.29. The number of nitrogens with zero attached hydrogens (tertiary/aromatic N) is 2. The highest BCUT2D eigenvalue weighted by molar-refractivity contribution is 9.10. The largest absolute Gasteiger partial charge is 0.343 e. The number of aromatic nitrogens is 2. The van der Waals surface area contributed by atoms with Gasteiger partial charge in [0.15, 0.2) is 5.82 Å². The summed E-state index contributed by atoms with van der Waals surface area (Å²) in [5.41, 5.74) is 1.00. The smallest absolute Gasteiger partial charge is 0.242 e. The predicted molar refractivity (Wildman–Crippen MR) is 79.8 cm³/mol. The second-order valence-corrected chi connectivity index (χ2v) is 6.81. The van der Waals surface area contributed by atoms with Crippen LogP contribution in [0.2, 0.25) is 0 Å². The van der Waals surface area contributed by atoms with E-state index in [0.717, 1.165) is 18.5 Å². The minimum atomic E-state index is -3.64. The summed E-state index contributed by atoms with van der Waals surface area (Å²) >= 11 is 3.30. The maximum absolute atomic E-state index is 12.2. The Labute approximate surface area is 131 Å². The molecular formula is C12H15BrN4O3S. The van der Waals surface area contributed by atoms with E-state index in [0.29, 0.717) is 11.0 Å². The Bertz CT molecular complexity index is 689. The van der Waals surface area contributed by atoms with Crippen LogP contribution in [0.4, 0.5) is 0 Å². The standard InChI is InChI=1S/C12H15BrN4O3S/c1-2-14-6-9-3-4-11(10(13)5-9)21(18,19)16-7-12-15-8-20-17-12/h3-5,8,14,16H,2,6-7H2,1H3. The lowest BCUT2D eigenvalue weighted by molar-refractivity contribution is 0.409. The average Bonchev–Trinajstić information content (AvgIpc) is 2.96. The molecule has 1 aromatic carbocycles. The van der Waals surface area contributed by atoms with Crippen LogP contribution in [0.1, 0.15) is 18.3 Å². The second-order valence-electron chi connectivity index (χ2n) is 4.22. The first-order valence-corrected chi connectivity index (χ1v) is 8.54. The average molecular weight is 375 g/mol. The normalized spacial score (nSPS) is 11.7. The SMILES string of the molecule is CCNCc1ccc(S(=O)(=O)NCc2ncon2)c(Br)c1. The van der Waals surface area contributed by atoms with Crippen molar-refractivity contribution in [3.63, 3.8) is 0 Å². The first kappa shape index (κ1) is 16.1. The van der Waals surface area contributed by atoms with Gasteiger partial charge in [0, 0.05) is 11.0 Å². The maximum Gasteiger partial charge on any atom is 0.242 e. The molecule has 0 bridgehead atoms. The summed E-state index contributed by atoms with van der Waals surface area (Å²) in [4.78, 5) is 3.93. The van der Waals surface area contributed by atoms with Crippen molar-refractivity contribution in [1.82, 2.24) is 20.2 Å². The summed E-state index contributed by atoms with van der Waals surface area (Å²) in [7, 11) is -3.64. The van der Waals surface area contributed by atoms with E-state index >= 15 is 0 Å². The summed E-state index contributed by atoms with van der Waals surface area (Å²) in [5, 5.41) is 6.73. The van der Waals surface area contributed by atoms with Crippen LogP contribution in [0.5, 0.6) is 0 Å². The van der Waals surface area contributed by atoms with Crippen LogP contribution in [0.15, 0.2) is 38.5 Å². The molecule has 0 aliphatic rings. The molecule has 0 saturated heterocycles. The molecule has 0 fully saturated rings. The Morgan fingerprint density at radius 2 is 2.14 bits per heavy atom. The number of nitrogens with one attached hydrogen (secondary N) is 2. The van der Waals surface area contributed by atoms with Crippen LogP contribution in [-0.2, 0) is 23.1 Å². The van der Waals surface area contributed by atoms with Gasteiger partial charge in [-0.25, -0.2) is 13.1 Å². The topological polar surface area (TPSA) is 97.1 Å². The van der Waals surface area contributed by atoms with E-state index in [1.54, 1.807) is 18.2 Å². The monoisotopic (exact) mass is 374 g/mol. The van der Waals surface area contributed by atoms with Crippen LogP contribution in [0.25, 0.3) is 0 Å². The summed E-state index contributed by atoms with van der Waals surface area (Å²) in [6.45, 7) is 3.52. The minimum absolute atomic E-state index is 0.0234. The van der Waals surface area contributed by atoms with E-state index < -0.39 is 10.0 Å². The molecule has 0 aliphatic carbocycles. The van der Waals surface area contributed by atoms with Crippen LogP contribution < -0.4 is 10.0 Å². The highest BCUT2D eigenvalue weighted by Crippen LogP contribution is 2.23. The van der Waals surface area contributed by atoms with Gasteiger partial charge in [-0.1, -0.05) is 18.1 Å². The van der Waals surface area contributed by atoms with E-state index in [4.69, 9.17) is 0 Å².